The zero-order chi connectivity index (χ0) is 16.4. The van der Waals surface area contributed by atoms with Crippen LogP contribution in [0.4, 0.5) is 0 Å². The van der Waals surface area contributed by atoms with Crippen molar-refractivity contribution in [2.45, 2.75) is 6.10 Å². The quantitative estimate of drug-likeness (QED) is 0.784. The van der Waals surface area contributed by atoms with Crippen LogP contribution in [0, 0.1) is 0 Å². The van der Waals surface area contributed by atoms with Gasteiger partial charge in [0, 0.05) is 23.0 Å². The lowest BCUT2D eigenvalue weighted by Crippen LogP contribution is -2.41. The Balaban J connectivity index is 2.02. The molecule has 1 aromatic carbocycles. The summed E-state index contributed by atoms with van der Waals surface area (Å²) in [5.74, 6) is -0.180. The molecule has 2 aliphatic rings. The van der Waals surface area contributed by atoms with Crippen molar-refractivity contribution in [1.82, 2.24) is 4.90 Å². The summed E-state index contributed by atoms with van der Waals surface area (Å²) >= 11 is 0. The van der Waals surface area contributed by atoms with Gasteiger partial charge in [-0.2, -0.15) is 0 Å². The molecule has 0 spiro atoms. The number of carbonyl (C=O) groups is 1. The van der Waals surface area contributed by atoms with Crippen molar-refractivity contribution >= 4 is 17.3 Å². The van der Waals surface area contributed by atoms with Crippen molar-refractivity contribution in [3.63, 3.8) is 0 Å². The average molecular weight is 312 g/mol. The number of hydrogen-bond acceptors (Lipinski definition) is 5. The van der Waals surface area contributed by atoms with Crippen molar-refractivity contribution < 1.29 is 14.3 Å². The first kappa shape index (κ1) is 15.4. The predicted octanol–water partition coefficient (Wildman–Crippen LogP) is -0.138. The van der Waals surface area contributed by atoms with Crippen molar-refractivity contribution in [3.05, 3.63) is 58.6 Å². The molecule has 0 bridgehead atoms. The minimum atomic E-state index is -0.436. The lowest BCUT2D eigenvalue weighted by Gasteiger charge is -2.25. The summed E-state index contributed by atoms with van der Waals surface area (Å²) in [5, 5.41) is 1.70. The number of nitrogens with two attached hydrogens (primary N) is 1. The maximum Gasteiger partial charge on any atom is 0.374 e. The van der Waals surface area contributed by atoms with Crippen LogP contribution >= 0.6 is 0 Å². The summed E-state index contributed by atoms with van der Waals surface area (Å²) < 4.78 is 11.2. The lowest BCUT2D eigenvalue weighted by molar-refractivity contribution is -0.139. The summed E-state index contributed by atoms with van der Waals surface area (Å²) in [5.41, 5.74) is 7.52. The monoisotopic (exact) mass is 312 g/mol. The van der Waals surface area contributed by atoms with Gasteiger partial charge in [-0.15, -0.1) is 0 Å². The normalized spacial score (nSPS) is 18.9. The van der Waals surface area contributed by atoms with E-state index in [-0.39, 0.29) is 11.9 Å². The summed E-state index contributed by atoms with van der Waals surface area (Å²) in [6.07, 6.45) is 5.22. The molecule has 5 nitrogen and oxygen atoms in total. The molecule has 0 amide bonds. The third-order valence-corrected chi connectivity index (χ3v) is 3.78. The molecule has 5 heteroatoms. The number of esters is 1. The molecule has 23 heavy (non-hydrogen) atoms. The summed E-state index contributed by atoms with van der Waals surface area (Å²) in [6.45, 7) is 0.992. The minimum Gasteiger partial charge on any atom is -0.474 e. The van der Waals surface area contributed by atoms with Crippen LogP contribution in [0.15, 0.2) is 48.2 Å². The molecule has 1 heterocycles. The van der Waals surface area contributed by atoms with Crippen molar-refractivity contribution in [2.24, 2.45) is 5.73 Å². The first-order valence-corrected chi connectivity index (χ1v) is 7.53. The standard InChI is InChI=1S/C18H20N2O3/c1-20(2)9-10-22-18(21)17-14-6-4-3-5-13(14)15-11-12(19)7-8-16(15)23-17/h3-8,11,16H,9-10,19H2,1-2H3. The van der Waals surface area contributed by atoms with E-state index in [2.05, 4.69) is 0 Å². The van der Waals surface area contributed by atoms with Gasteiger partial charge in [0.2, 0.25) is 5.76 Å². The van der Waals surface area contributed by atoms with E-state index in [1.807, 2.05) is 55.4 Å². The number of ether oxygens (including phenoxy) is 2. The molecule has 1 unspecified atom stereocenters. The zero-order valence-electron chi connectivity index (χ0n) is 13.3. The molecule has 0 saturated heterocycles. The molecular weight excluding hydrogens is 292 g/mol. The fourth-order valence-electron chi connectivity index (χ4n) is 2.61. The number of benzene rings is 1. The summed E-state index contributed by atoms with van der Waals surface area (Å²) in [6, 6.07) is 7.65. The molecule has 2 N–H and O–H groups in total. The van der Waals surface area contributed by atoms with Crippen LogP contribution in [0.25, 0.3) is 11.3 Å². The number of nitrogens with zero attached hydrogens (tertiary/aromatic N) is 1. The number of likely N-dealkylation sites (N-methyl/N-ethyl adjacent to an activating group) is 1. The first-order chi connectivity index (χ1) is 11.1. The highest BCUT2D eigenvalue weighted by molar-refractivity contribution is 6.07. The fourth-order valence-corrected chi connectivity index (χ4v) is 2.61. The number of carbonyl (C=O) groups excluding carboxylic acids is 1. The van der Waals surface area contributed by atoms with Crippen LogP contribution in [0.5, 0.6) is 0 Å². The van der Waals surface area contributed by atoms with Crippen molar-refractivity contribution in [2.75, 3.05) is 27.2 Å². The van der Waals surface area contributed by atoms with Gasteiger partial charge in [0.15, 0.2) is 0 Å². The Kier molecular flexibility index (Phi) is 4.21. The molecule has 120 valence electrons. The third kappa shape index (κ3) is 3.14. The minimum absolute atomic E-state index is 0.256. The van der Waals surface area contributed by atoms with Gasteiger partial charge in [-0.25, -0.2) is 4.79 Å². The van der Waals surface area contributed by atoms with E-state index in [9.17, 15) is 4.79 Å². The van der Waals surface area contributed by atoms with Gasteiger partial charge in [-0.3, -0.25) is 0 Å². The highest BCUT2D eigenvalue weighted by Gasteiger charge is 2.26. The van der Waals surface area contributed by atoms with Gasteiger partial charge in [0.05, 0.1) is 0 Å². The topological polar surface area (TPSA) is 64.8 Å². The molecule has 0 aromatic heterocycles. The van der Waals surface area contributed by atoms with Crippen LogP contribution < -0.4 is 16.2 Å². The molecule has 3 rings (SSSR count). The second kappa shape index (κ2) is 6.30. The van der Waals surface area contributed by atoms with Gasteiger partial charge in [0.1, 0.15) is 12.7 Å². The first-order valence-electron chi connectivity index (χ1n) is 7.53. The molecule has 1 atom stereocenters. The molecule has 1 aliphatic heterocycles. The Bertz CT molecular complexity index is 806. The van der Waals surface area contributed by atoms with E-state index in [0.717, 1.165) is 16.0 Å². The van der Waals surface area contributed by atoms with Gasteiger partial charge < -0.3 is 20.1 Å². The highest BCUT2D eigenvalue weighted by atomic mass is 16.6. The lowest BCUT2D eigenvalue weighted by atomic mass is 9.96. The molecule has 0 saturated carbocycles. The van der Waals surface area contributed by atoms with Gasteiger partial charge in [-0.1, -0.05) is 24.3 Å². The molecule has 1 aromatic rings. The van der Waals surface area contributed by atoms with Crippen molar-refractivity contribution in [1.29, 1.82) is 0 Å². The van der Waals surface area contributed by atoms with Crippen LogP contribution in [-0.2, 0) is 14.3 Å². The highest BCUT2D eigenvalue weighted by Crippen LogP contribution is 2.22. The largest absolute Gasteiger partial charge is 0.474 e. The molecule has 1 aliphatic carbocycles. The summed E-state index contributed by atoms with van der Waals surface area (Å²) in [7, 11) is 3.86. The van der Waals surface area contributed by atoms with Crippen molar-refractivity contribution in [3.8, 4) is 0 Å². The Morgan fingerprint density at radius 2 is 2.04 bits per heavy atom. The Hall–Kier alpha value is -2.53. The fraction of sp³-hybridized carbons (Fsp3) is 0.278. The van der Waals surface area contributed by atoms with E-state index < -0.39 is 5.97 Å². The van der Waals surface area contributed by atoms with Crippen LogP contribution in [-0.4, -0.2) is 44.2 Å². The molecule has 0 fully saturated rings. The number of fused-ring (bicyclic) bond motifs is 2. The predicted molar refractivity (Wildman–Crippen MR) is 88.3 cm³/mol. The Labute approximate surface area is 135 Å². The van der Waals surface area contributed by atoms with Crippen LogP contribution in [0.3, 0.4) is 0 Å². The van der Waals surface area contributed by atoms with E-state index in [0.29, 0.717) is 18.8 Å². The van der Waals surface area contributed by atoms with E-state index in [4.69, 9.17) is 15.2 Å². The van der Waals surface area contributed by atoms with Crippen LogP contribution in [0.2, 0.25) is 0 Å². The number of rotatable bonds is 4. The van der Waals surface area contributed by atoms with Crippen LogP contribution in [0.1, 0.15) is 0 Å². The van der Waals surface area contributed by atoms with Gasteiger partial charge in [-0.05, 0) is 37.5 Å². The van der Waals surface area contributed by atoms with E-state index in [1.54, 1.807) is 6.08 Å². The maximum absolute atomic E-state index is 12.4. The second-order valence-electron chi connectivity index (χ2n) is 5.81. The number of allylic oxidation sites excluding steroid dienone is 1. The van der Waals surface area contributed by atoms with E-state index in [1.165, 1.54) is 0 Å². The van der Waals surface area contributed by atoms with Gasteiger partial charge in [0.25, 0.3) is 0 Å². The summed E-state index contributed by atoms with van der Waals surface area (Å²) in [4.78, 5) is 14.4. The average Bonchev–Trinajstić information content (AvgIpc) is 2.53. The SMILES string of the molecule is CN(C)CCOC(=O)C1=c2ccccc2=C2C=C(N)C=CC2O1. The second-order valence-corrected chi connectivity index (χ2v) is 5.81. The van der Waals surface area contributed by atoms with Gasteiger partial charge >= 0.3 is 5.97 Å². The smallest absolute Gasteiger partial charge is 0.374 e. The maximum atomic E-state index is 12.4. The molecular formula is C18H20N2O3. The number of hydrogen-bond donors (Lipinski definition) is 1. The van der Waals surface area contributed by atoms with E-state index >= 15 is 0 Å². The zero-order valence-corrected chi connectivity index (χ0v) is 13.3. The Morgan fingerprint density at radius 3 is 2.78 bits per heavy atom. The molecule has 0 radical (unpaired) electrons. The third-order valence-electron chi connectivity index (χ3n) is 3.78. The Morgan fingerprint density at radius 1 is 1.30 bits per heavy atom.